The van der Waals surface area contributed by atoms with Gasteiger partial charge in [-0.05, 0) is 49.0 Å². The third-order valence-corrected chi connectivity index (χ3v) is 5.06. The molecule has 1 fully saturated rings. The molecule has 0 aliphatic carbocycles. The monoisotopic (exact) mass is 290 g/mol. The van der Waals surface area contributed by atoms with Crippen LogP contribution in [0.2, 0.25) is 0 Å². The van der Waals surface area contributed by atoms with Crippen molar-refractivity contribution in [3.05, 3.63) is 65.7 Å². The van der Waals surface area contributed by atoms with E-state index >= 15 is 0 Å². The van der Waals surface area contributed by atoms with Crippen molar-refractivity contribution in [3.63, 3.8) is 0 Å². The van der Waals surface area contributed by atoms with Crippen molar-refractivity contribution in [2.24, 2.45) is 10.9 Å². The van der Waals surface area contributed by atoms with Gasteiger partial charge in [-0.3, -0.25) is 9.89 Å². The fourth-order valence-corrected chi connectivity index (χ4v) is 3.82. The number of hydrogen-bond acceptors (Lipinski definition) is 2. The van der Waals surface area contributed by atoms with Crippen molar-refractivity contribution in [2.45, 2.75) is 25.3 Å². The smallest absolute Gasteiger partial charge is 0.0664 e. The molecular formula is C20H22N2. The summed E-state index contributed by atoms with van der Waals surface area (Å²) in [5.74, 6) is 1.29. The fourth-order valence-electron chi connectivity index (χ4n) is 3.82. The Hall–Kier alpha value is -1.93. The number of fused-ring (bicyclic) bond motifs is 1. The molecule has 0 spiro atoms. The van der Waals surface area contributed by atoms with E-state index < -0.39 is 0 Å². The molecule has 0 N–H and O–H groups in total. The van der Waals surface area contributed by atoms with E-state index in [1.54, 1.807) is 0 Å². The highest BCUT2D eigenvalue weighted by Crippen LogP contribution is 2.40. The zero-order valence-corrected chi connectivity index (χ0v) is 12.9. The largest absolute Gasteiger partial charge is 0.299 e. The van der Waals surface area contributed by atoms with Crippen molar-refractivity contribution in [1.82, 2.24) is 4.90 Å². The predicted molar refractivity (Wildman–Crippen MR) is 91.8 cm³/mol. The number of hydrogen-bond donors (Lipinski definition) is 0. The Labute approximate surface area is 132 Å². The van der Waals surface area contributed by atoms with Crippen LogP contribution in [0.3, 0.4) is 0 Å². The number of aliphatic imine (C=N–C) groups is 1. The van der Waals surface area contributed by atoms with Crippen molar-refractivity contribution in [1.29, 1.82) is 0 Å². The molecule has 4 rings (SSSR count). The van der Waals surface area contributed by atoms with E-state index in [-0.39, 0.29) is 0 Å². The summed E-state index contributed by atoms with van der Waals surface area (Å²) in [5.41, 5.74) is 4.04. The molecule has 22 heavy (non-hydrogen) atoms. The number of para-hydroxylation sites is 1. The van der Waals surface area contributed by atoms with E-state index in [0.717, 1.165) is 12.5 Å². The van der Waals surface area contributed by atoms with E-state index in [1.165, 1.54) is 42.7 Å². The van der Waals surface area contributed by atoms with E-state index in [9.17, 15) is 0 Å². The highest BCUT2D eigenvalue weighted by atomic mass is 15.1. The highest BCUT2D eigenvalue weighted by Gasteiger charge is 2.30. The van der Waals surface area contributed by atoms with Crippen LogP contribution in [0.5, 0.6) is 0 Å². The maximum atomic E-state index is 4.60. The second-order valence-corrected chi connectivity index (χ2v) is 6.46. The maximum Gasteiger partial charge on any atom is 0.0664 e. The first-order valence-electron chi connectivity index (χ1n) is 8.29. The van der Waals surface area contributed by atoms with Gasteiger partial charge in [-0.2, -0.15) is 0 Å². The van der Waals surface area contributed by atoms with Gasteiger partial charge in [0.2, 0.25) is 0 Å². The molecule has 0 aromatic heterocycles. The van der Waals surface area contributed by atoms with E-state index in [1.807, 2.05) is 0 Å². The quantitative estimate of drug-likeness (QED) is 0.818. The Kier molecular flexibility index (Phi) is 3.77. The van der Waals surface area contributed by atoms with Crippen LogP contribution in [0.1, 0.15) is 29.9 Å². The molecule has 0 amide bonds. The average Bonchev–Trinajstić information content (AvgIpc) is 3.01. The minimum atomic E-state index is 0.537. The van der Waals surface area contributed by atoms with Gasteiger partial charge in [0.15, 0.2) is 0 Å². The highest BCUT2D eigenvalue weighted by molar-refractivity contribution is 5.80. The van der Waals surface area contributed by atoms with Crippen LogP contribution in [-0.4, -0.2) is 24.2 Å². The van der Waals surface area contributed by atoms with Gasteiger partial charge in [0.05, 0.1) is 5.69 Å². The number of piperidine rings is 1. The molecule has 2 aromatic rings. The van der Waals surface area contributed by atoms with Crippen LogP contribution >= 0.6 is 0 Å². The molecule has 2 aliphatic rings. The van der Waals surface area contributed by atoms with Crippen LogP contribution in [0, 0.1) is 5.92 Å². The Bertz CT molecular complexity index is 654. The second-order valence-electron chi connectivity index (χ2n) is 6.46. The molecule has 0 bridgehead atoms. The number of likely N-dealkylation sites (tertiary alicyclic amines) is 1. The lowest BCUT2D eigenvalue weighted by Gasteiger charge is -2.34. The van der Waals surface area contributed by atoms with Crippen molar-refractivity contribution in [2.75, 3.05) is 13.1 Å². The van der Waals surface area contributed by atoms with Gasteiger partial charge in [0.25, 0.3) is 0 Å². The molecule has 0 radical (unpaired) electrons. The summed E-state index contributed by atoms with van der Waals surface area (Å²) < 4.78 is 0. The second kappa shape index (κ2) is 6.05. The first-order chi connectivity index (χ1) is 10.9. The topological polar surface area (TPSA) is 15.6 Å². The van der Waals surface area contributed by atoms with Gasteiger partial charge in [-0.1, -0.05) is 48.5 Å². The first kappa shape index (κ1) is 13.7. The molecule has 2 heterocycles. The van der Waals surface area contributed by atoms with Crippen LogP contribution in [0.25, 0.3) is 0 Å². The Morgan fingerprint density at radius 1 is 0.909 bits per heavy atom. The van der Waals surface area contributed by atoms with Gasteiger partial charge in [-0.25, -0.2) is 0 Å². The van der Waals surface area contributed by atoms with Crippen molar-refractivity contribution < 1.29 is 0 Å². The van der Waals surface area contributed by atoms with Gasteiger partial charge >= 0.3 is 0 Å². The molecule has 0 saturated carbocycles. The average molecular weight is 290 g/mol. The van der Waals surface area contributed by atoms with E-state index in [4.69, 9.17) is 0 Å². The summed E-state index contributed by atoms with van der Waals surface area (Å²) in [7, 11) is 0. The normalized spacial score (nSPS) is 21.9. The molecule has 1 saturated heterocycles. The molecule has 1 unspecified atom stereocenters. The lowest BCUT2D eigenvalue weighted by molar-refractivity contribution is 0.173. The zero-order valence-electron chi connectivity index (χ0n) is 12.9. The number of benzene rings is 2. The van der Waals surface area contributed by atoms with Crippen molar-refractivity contribution >= 4 is 11.9 Å². The van der Waals surface area contributed by atoms with E-state index in [0.29, 0.717) is 5.92 Å². The Balaban J connectivity index is 1.38. The molecular weight excluding hydrogens is 268 g/mol. The zero-order chi connectivity index (χ0) is 14.8. The Morgan fingerprint density at radius 2 is 1.64 bits per heavy atom. The summed E-state index contributed by atoms with van der Waals surface area (Å²) in [6.45, 7) is 3.49. The minimum Gasteiger partial charge on any atom is -0.299 e. The predicted octanol–water partition coefficient (Wildman–Crippen LogP) is 4.40. The van der Waals surface area contributed by atoms with Crippen LogP contribution in [0.15, 0.2) is 59.6 Å². The lowest BCUT2D eigenvalue weighted by Crippen LogP contribution is -2.35. The molecule has 1 atom stereocenters. The van der Waals surface area contributed by atoms with Gasteiger partial charge in [-0.15, -0.1) is 0 Å². The summed E-state index contributed by atoms with van der Waals surface area (Å²) >= 11 is 0. The standard InChI is InChI=1S/C20H22N2/c1-2-6-16(7-3-1)15-22-12-10-17(11-13-22)19-14-21-20-9-5-4-8-18(19)20/h1-9,14,17,19H,10-13,15H2. The first-order valence-corrected chi connectivity index (χ1v) is 8.29. The lowest BCUT2D eigenvalue weighted by atomic mass is 9.81. The third-order valence-electron chi connectivity index (χ3n) is 5.06. The number of rotatable bonds is 3. The molecule has 2 heteroatoms. The minimum absolute atomic E-state index is 0.537. The SMILES string of the molecule is C1=Nc2ccccc2C1C1CCN(Cc2ccccc2)CC1. The van der Waals surface area contributed by atoms with Gasteiger partial charge in [0, 0.05) is 18.7 Å². The summed E-state index contributed by atoms with van der Waals surface area (Å²) in [5, 5.41) is 0. The summed E-state index contributed by atoms with van der Waals surface area (Å²) in [4.78, 5) is 7.19. The fraction of sp³-hybridized carbons (Fsp3) is 0.350. The molecule has 2 aromatic carbocycles. The molecule has 2 aliphatic heterocycles. The van der Waals surface area contributed by atoms with E-state index in [2.05, 4.69) is 70.7 Å². The van der Waals surface area contributed by atoms with Gasteiger partial charge in [0.1, 0.15) is 0 Å². The summed E-state index contributed by atoms with van der Waals surface area (Å²) in [6, 6.07) is 19.4. The number of nitrogens with zero attached hydrogens (tertiary/aromatic N) is 2. The van der Waals surface area contributed by atoms with Crippen LogP contribution in [0.4, 0.5) is 5.69 Å². The van der Waals surface area contributed by atoms with Crippen LogP contribution < -0.4 is 0 Å². The molecule has 112 valence electrons. The molecule has 2 nitrogen and oxygen atoms in total. The summed E-state index contributed by atoms with van der Waals surface area (Å²) in [6.07, 6.45) is 4.73. The Morgan fingerprint density at radius 3 is 2.45 bits per heavy atom. The van der Waals surface area contributed by atoms with Crippen LogP contribution in [-0.2, 0) is 6.54 Å². The third kappa shape index (κ3) is 2.71. The van der Waals surface area contributed by atoms with Crippen molar-refractivity contribution in [3.8, 4) is 0 Å². The maximum absolute atomic E-state index is 4.60. The van der Waals surface area contributed by atoms with Gasteiger partial charge < -0.3 is 0 Å².